The van der Waals surface area contributed by atoms with Crippen LogP contribution in [0.2, 0.25) is 0 Å². The van der Waals surface area contributed by atoms with Gasteiger partial charge in [0.05, 0.1) is 5.69 Å². The number of hydrogen-bond donors (Lipinski definition) is 1. The summed E-state index contributed by atoms with van der Waals surface area (Å²) in [6, 6.07) is 4.67. The van der Waals surface area contributed by atoms with Crippen molar-refractivity contribution in [1.29, 1.82) is 0 Å². The van der Waals surface area contributed by atoms with E-state index in [0.717, 1.165) is 22.3 Å². The number of hydrogen-bond acceptors (Lipinski definition) is 7. The number of pyridine rings is 2. The fourth-order valence-electron chi connectivity index (χ4n) is 3.71. The van der Waals surface area contributed by atoms with Gasteiger partial charge in [-0.2, -0.15) is 0 Å². The van der Waals surface area contributed by atoms with E-state index in [1.807, 2.05) is 48.8 Å². The van der Waals surface area contributed by atoms with Crippen molar-refractivity contribution in [2.45, 2.75) is 19.9 Å². The number of amides is 2. The molecule has 33 heavy (non-hydrogen) atoms. The second kappa shape index (κ2) is 7.97. The van der Waals surface area contributed by atoms with Crippen LogP contribution in [-0.4, -0.2) is 55.8 Å². The monoisotopic (exact) mass is 443 g/mol. The van der Waals surface area contributed by atoms with Gasteiger partial charge in [0.25, 0.3) is 11.8 Å². The van der Waals surface area contributed by atoms with Crippen LogP contribution in [0.4, 0.5) is 5.82 Å². The lowest BCUT2D eigenvalue weighted by molar-refractivity contribution is -0.120. The summed E-state index contributed by atoms with van der Waals surface area (Å²) >= 11 is 0. The van der Waals surface area contributed by atoms with Crippen LogP contribution in [0.1, 0.15) is 21.7 Å². The van der Waals surface area contributed by atoms with Crippen LogP contribution >= 0.6 is 0 Å². The Morgan fingerprint density at radius 3 is 2.88 bits per heavy atom. The van der Waals surface area contributed by atoms with Gasteiger partial charge in [-0.15, -0.1) is 0 Å². The number of aryl methyl sites for hydroxylation is 2. The molecule has 166 valence electrons. The summed E-state index contributed by atoms with van der Waals surface area (Å²) in [6.07, 6.45) is 8.70. The molecule has 1 aliphatic heterocycles. The van der Waals surface area contributed by atoms with Crippen molar-refractivity contribution in [1.82, 2.24) is 29.7 Å². The maximum atomic E-state index is 13.0. The van der Waals surface area contributed by atoms with Gasteiger partial charge in [0.1, 0.15) is 18.3 Å². The van der Waals surface area contributed by atoms with E-state index in [0.29, 0.717) is 17.3 Å². The molecule has 1 N–H and O–H groups in total. The molecule has 0 aliphatic carbocycles. The summed E-state index contributed by atoms with van der Waals surface area (Å²) in [7, 11) is 1.60. The molecule has 5 heterocycles. The van der Waals surface area contributed by atoms with Crippen molar-refractivity contribution in [2.75, 3.05) is 18.6 Å². The number of carbonyl (C=O) groups is 2. The Labute approximate surface area is 189 Å². The number of rotatable bonds is 3. The molecular formula is C23H21N7O3. The van der Waals surface area contributed by atoms with Gasteiger partial charge in [-0.1, -0.05) is 0 Å². The summed E-state index contributed by atoms with van der Waals surface area (Å²) in [5.41, 5.74) is 3.98. The molecule has 0 radical (unpaired) electrons. The standard InChI is InChI=1S/C23H21N7O3/c1-13-8-17-21(26-9-13)29(3)23(32)16(12-33-17)27-22(31)20-25-10-14(2)19(28-20)15-4-5-18-24-6-7-30(18)11-15/h4-11,16H,12H2,1-3H3,(H,27,31)/t16-/m0/s1. The van der Waals surface area contributed by atoms with E-state index in [1.54, 1.807) is 25.6 Å². The van der Waals surface area contributed by atoms with Crippen LogP contribution < -0.4 is 15.0 Å². The van der Waals surface area contributed by atoms with Crippen LogP contribution in [0.3, 0.4) is 0 Å². The fraction of sp³-hybridized carbons (Fsp3) is 0.217. The Morgan fingerprint density at radius 1 is 1.18 bits per heavy atom. The molecule has 0 saturated heterocycles. The smallest absolute Gasteiger partial charge is 0.289 e. The minimum atomic E-state index is -0.910. The summed E-state index contributed by atoms with van der Waals surface area (Å²) in [5.74, 6) is -0.0354. The molecule has 0 unspecified atom stereocenters. The first-order valence-corrected chi connectivity index (χ1v) is 10.4. The van der Waals surface area contributed by atoms with Crippen molar-refractivity contribution in [3.63, 3.8) is 0 Å². The average Bonchev–Trinajstić information content (AvgIpc) is 3.25. The molecule has 2 amide bonds. The van der Waals surface area contributed by atoms with Crippen molar-refractivity contribution >= 4 is 23.3 Å². The first-order chi connectivity index (χ1) is 15.9. The molecular weight excluding hydrogens is 422 g/mol. The SMILES string of the molecule is Cc1cnc2c(c1)OC[C@H](NC(=O)c1ncc(C)c(-c3ccc4nccn4c3)n1)C(=O)N2C. The molecule has 0 fully saturated rings. The van der Waals surface area contributed by atoms with Gasteiger partial charge in [0.15, 0.2) is 11.6 Å². The lowest BCUT2D eigenvalue weighted by Crippen LogP contribution is -2.49. The van der Waals surface area contributed by atoms with Crippen LogP contribution in [-0.2, 0) is 4.79 Å². The second-order valence-electron chi connectivity index (χ2n) is 7.90. The number of nitrogens with one attached hydrogen (secondary N) is 1. The number of carbonyl (C=O) groups excluding carboxylic acids is 2. The van der Waals surface area contributed by atoms with E-state index in [9.17, 15) is 9.59 Å². The summed E-state index contributed by atoms with van der Waals surface area (Å²) in [5, 5.41) is 2.71. The van der Waals surface area contributed by atoms with Crippen LogP contribution in [0.5, 0.6) is 5.75 Å². The highest BCUT2D eigenvalue weighted by Crippen LogP contribution is 2.29. The van der Waals surface area contributed by atoms with Gasteiger partial charge >= 0.3 is 0 Å². The van der Waals surface area contributed by atoms with E-state index in [-0.39, 0.29) is 18.3 Å². The molecule has 10 heteroatoms. The maximum absolute atomic E-state index is 13.0. The Kier molecular flexibility index (Phi) is 4.97. The second-order valence-corrected chi connectivity index (χ2v) is 7.90. The Balaban J connectivity index is 1.40. The van der Waals surface area contributed by atoms with Crippen LogP contribution in [0, 0.1) is 13.8 Å². The normalized spacial score (nSPS) is 15.7. The van der Waals surface area contributed by atoms with E-state index in [1.165, 1.54) is 4.90 Å². The van der Waals surface area contributed by atoms with Gasteiger partial charge in [-0.3, -0.25) is 14.5 Å². The van der Waals surface area contributed by atoms with Crippen molar-refractivity contribution in [3.05, 3.63) is 66.1 Å². The molecule has 0 bridgehead atoms. The van der Waals surface area contributed by atoms with E-state index in [2.05, 4.69) is 25.3 Å². The zero-order valence-electron chi connectivity index (χ0n) is 18.3. The number of ether oxygens (including phenoxy) is 1. The zero-order valence-corrected chi connectivity index (χ0v) is 18.3. The van der Waals surface area contributed by atoms with Crippen molar-refractivity contribution in [3.8, 4) is 17.0 Å². The predicted octanol–water partition coefficient (Wildman–Crippen LogP) is 1.96. The number of likely N-dealkylation sites (N-methyl/N-ethyl adjacent to an activating group) is 1. The highest BCUT2D eigenvalue weighted by Gasteiger charge is 2.32. The minimum Gasteiger partial charge on any atom is -0.487 e. The van der Waals surface area contributed by atoms with Gasteiger partial charge < -0.3 is 14.5 Å². The lowest BCUT2D eigenvalue weighted by Gasteiger charge is -2.19. The number of anilines is 1. The first-order valence-electron chi connectivity index (χ1n) is 10.4. The molecule has 5 rings (SSSR count). The summed E-state index contributed by atoms with van der Waals surface area (Å²) in [4.78, 5) is 44.5. The van der Waals surface area contributed by atoms with Gasteiger partial charge in [-0.25, -0.2) is 19.9 Å². The van der Waals surface area contributed by atoms with Crippen LogP contribution in [0.25, 0.3) is 16.9 Å². The minimum absolute atomic E-state index is 0.0247. The van der Waals surface area contributed by atoms with E-state index < -0.39 is 11.9 Å². The quantitative estimate of drug-likeness (QED) is 0.515. The Morgan fingerprint density at radius 2 is 2.03 bits per heavy atom. The maximum Gasteiger partial charge on any atom is 0.289 e. The molecule has 0 saturated carbocycles. The third-order valence-electron chi connectivity index (χ3n) is 5.46. The molecule has 0 aromatic carbocycles. The topological polar surface area (TPSA) is 115 Å². The summed E-state index contributed by atoms with van der Waals surface area (Å²) < 4.78 is 7.65. The number of nitrogens with zero attached hydrogens (tertiary/aromatic N) is 6. The van der Waals surface area contributed by atoms with Gasteiger partial charge in [0.2, 0.25) is 5.82 Å². The zero-order chi connectivity index (χ0) is 23.1. The van der Waals surface area contributed by atoms with Crippen LogP contribution in [0.15, 0.2) is 49.2 Å². The highest BCUT2D eigenvalue weighted by molar-refractivity contribution is 6.01. The average molecular weight is 443 g/mol. The number of imidazole rings is 1. The number of aromatic nitrogens is 5. The first kappa shape index (κ1) is 20.6. The molecule has 4 aromatic heterocycles. The highest BCUT2D eigenvalue weighted by atomic mass is 16.5. The lowest BCUT2D eigenvalue weighted by atomic mass is 10.1. The molecule has 1 aliphatic rings. The predicted molar refractivity (Wildman–Crippen MR) is 120 cm³/mol. The van der Waals surface area contributed by atoms with Crippen molar-refractivity contribution in [2.24, 2.45) is 0 Å². The molecule has 10 nitrogen and oxygen atoms in total. The fourth-order valence-corrected chi connectivity index (χ4v) is 3.71. The Hall–Kier alpha value is -4.34. The van der Waals surface area contributed by atoms with Gasteiger partial charge in [-0.05, 0) is 43.2 Å². The third kappa shape index (κ3) is 3.75. The summed E-state index contributed by atoms with van der Waals surface area (Å²) in [6.45, 7) is 3.74. The molecule has 4 aromatic rings. The van der Waals surface area contributed by atoms with E-state index in [4.69, 9.17) is 4.74 Å². The molecule has 1 atom stereocenters. The third-order valence-corrected chi connectivity index (χ3v) is 5.46. The number of fused-ring (bicyclic) bond motifs is 2. The molecule has 0 spiro atoms. The van der Waals surface area contributed by atoms with E-state index >= 15 is 0 Å². The van der Waals surface area contributed by atoms with Gasteiger partial charge in [0, 0.05) is 43.6 Å². The van der Waals surface area contributed by atoms with Crippen molar-refractivity contribution < 1.29 is 14.3 Å². The Bertz CT molecular complexity index is 1400. The largest absolute Gasteiger partial charge is 0.487 e.